The quantitative estimate of drug-likeness (QED) is 0.572. The molecule has 0 aliphatic heterocycles. The van der Waals surface area contributed by atoms with Crippen LogP contribution >= 0.6 is 0 Å². The van der Waals surface area contributed by atoms with E-state index in [0.29, 0.717) is 5.56 Å². The van der Waals surface area contributed by atoms with Crippen molar-refractivity contribution in [2.24, 2.45) is 0 Å². The summed E-state index contributed by atoms with van der Waals surface area (Å²) in [5.74, 6) is 0.800. The van der Waals surface area contributed by atoms with Crippen molar-refractivity contribution in [3.63, 3.8) is 0 Å². The molecule has 0 aliphatic carbocycles. The molecule has 0 N–H and O–H groups in total. The molecule has 86 valence electrons. The molecule has 1 aromatic rings. The Balaban J connectivity index is 2.79. The van der Waals surface area contributed by atoms with Gasteiger partial charge in [-0.2, -0.15) is 0 Å². The molecule has 0 saturated carbocycles. The van der Waals surface area contributed by atoms with E-state index in [-0.39, 0.29) is 11.4 Å². The lowest BCUT2D eigenvalue weighted by Crippen LogP contribution is -2.22. The van der Waals surface area contributed by atoms with Crippen LogP contribution in [0.15, 0.2) is 36.4 Å². The molecule has 2 nitrogen and oxygen atoms in total. The number of ketones is 1. The van der Waals surface area contributed by atoms with E-state index < -0.39 is 0 Å². The van der Waals surface area contributed by atoms with E-state index in [1.165, 1.54) is 0 Å². The Morgan fingerprint density at radius 3 is 2.19 bits per heavy atom. The maximum absolute atomic E-state index is 11.5. The second-order valence-electron chi connectivity index (χ2n) is 4.60. The Labute approximate surface area is 96.9 Å². The van der Waals surface area contributed by atoms with Crippen molar-refractivity contribution < 1.29 is 9.53 Å². The highest BCUT2D eigenvalue weighted by Gasteiger charge is 2.11. The van der Waals surface area contributed by atoms with Gasteiger partial charge >= 0.3 is 0 Å². The van der Waals surface area contributed by atoms with E-state index in [1.807, 2.05) is 39.8 Å². The molecule has 0 bridgehead atoms. The molecule has 1 rings (SSSR count). The topological polar surface area (TPSA) is 26.3 Å². The van der Waals surface area contributed by atoms with E-state index >= 15 is 0 Å². The molecular weight excluding hydrogens is 200 g/mol. The highest BCUT2D eigenvalue weighted by molar-refractivity contribution is 6.04. The van der Waals surface area contributed by atoms with Gasteiger partial charge in [0, 0.05) is 5.56 Å². The van der Waals surface area contributed by atoms with Gasteiger partial charge in [0.15, 0.2) is 5.78 Å². The minimum atomic E-state index is -0.213. The van der Waals surface area contributed by atoms with Gasteiger partial charge in [0.05, 0.1) is 0 Å². The molecule has 0 aromatic heterocycles. The molecule has 0 fully saturated rings. The largest absolute Gasteiger partial charge is 0.488 e. The molecule has 0 spiro atoms. The third-order valence-corrected chi connectivity index (χ3v) is 1.88. The molecule has 1 aromatic carbocycles. The van der Waals surface area contributed by atoms with Crippen LogP contribution in [0.1, 0.15) is 38.1 Å². The summed E-state index contributed by atoms with van der Waals surface area (Å²) < 4.78 is 5.67. The van der Waals surface area contributed by atoms with E-state index in [2.05, 4.69) is 0 Å². The lowest BCUT2D eigenvalue weighted by Gasteiger charge is -2.21. The zero-order valence-electron chi connectivity index (χ0n) is 10.3. The zero-order chi connectivity index (χ0) is 12.2. The second-order valence-corrected chi connectivity index (χ2v) is 4.60. The lowest BCUT2D eigenvalue weighted by atomic mass is 10.1. The van der Waals surface area contributed by atoms with E-state index in [9.17, 15) is 4.79 Å². The van der Waals surface area contributed by atoms with Gasteiger partial charge in [-0.15, -0.1) is 0 Å². The van der Waals surface area contributed by atoms with Crippen LogP contribution in [0.2, 0.25) is 0 Å². The van der Waals surface area contributed by atoms with Crippen LogP contribution in [-0.4, -0.2) is 11.4 Å². The third kappa shape index (κ3) is 3.89. The summed E-state index contributed by atoms with van der Waals surface area (Å²) in [6.07, 6.45) is 3.29. The van der Waals surface area contributed by atoms with Crippen molar-refractivity contribution in [1.29, 1.82) is 0 Å². The first kappa shape index (κ1) is 12.5. The van der Waals surface area contributed by atoms with Crippen molar-refractivity contribution in [3.05, 3.63) is 42.0 Å². The van der Waals surface area contributed by atoms with Gasteiger partial charge in [0.25, 0.3) is 0 Å². The fraction of sp³-hybridized carbons (Fsp3) is 0.357. The van der Waals surface area contributed by atoms with Crippen molar-refractivity contribution in [3.8, 4) is 5.75 Å². The van der Waals surface area contributed by atoms with Crippen molar-refractivity contribution >= 4 is 5.78 Å². The predicted molar refractivity (Wildman–Crippen MR) is 66.0 cm³/mol. The fourth-order valence-corrected chi connectivity index (χ4v) is 1.29. The first-order valence-corrected chi connectivity index (χ1v) is 5.38. The van der Waals surface area contributed by atoms with Crippen LogP contribution in [0.4, 0.5) is 0 Å². The van der Waals surface area contributed by atoms with E-state index in [0.717, 1.165) is 5.75 Å². The molecule has 2 heteroatoms. The molecule has 0 saturated heterocycles. The third-order valence-electron chi connectivity index (χ3n) is 1.88. The number of hydrogen-bond donors (Lipinski definition) is 0. The first-order chi connectivity index (χ1) is 7.42. The lowest BCUT2D eigenvalue weighted by molar-refractivity contribution is 0.104. The van der Waals surface area contributed by atoms with Crippen LogP contribution in [0, 0.1) is 0 Å². The summed E-state index contributed by atoms with van der Waals surface area (Å²) in [6, 6.07) is 7.21. The predicted octanol–water partition coefficient (Wildman–Crippen LogP) is 3.62. The van der Waals surface area contributed by atoms with Gasteiger partial charge in [-0.1, -0.05) is 6.08 Å². The Kier molecular flexibility index (Phi) is 3.88. The fourth-order valence-electron chi connectivity index (χ4n) is 1.29. The standard InChI is InChI=1S/C14H18O2/c1-5-6-13(15)11-7-9-12(10-8-11)16-14(2,3)4/h5-10H,1-4H3. The Hall–Kier alpha value is -1.57. The summed E-state index contributed by atoms with van der Waals surface area (Å²) >= 11 is 0. The normalized spacial score (nSPS) is 11.8. The van der Waals surface area contributed by atoms with Crippen LogP contribution in [0.3, 0.4) is 0 Å². The minimum Gasteiger partial charge on any atom is -0.488 e. The summed E-state index contributed by atoms with van der Waals surface area (Å²) in [7, 11) is 0. The van der Waals surface area contributed by atoms with E-state index in [1.54, 1.807) is 24.3 Å². The van der Waals surface area contributed by atoms with Crippen LogP contribution in [0.25, 0.3) is 0 Å². The van der Waals surface area contributed by atoms with E-state index in [4.69, 9.17) is 4.74 Å². The van der Waals surface area contributed by atoms with Crippen LogP contribution in [0.5, 0.6) is 5.75 Å². The van der Waals surface area contributed by atoms with Crippen LogP contribution in [-0.2, 0) is 0 Å². The second kappa shape index (κ2) is 4.97. The SMILES string of the molecule is CC=CC(=O)c1ccc(OC(C)(C)C)cc1. The minimum absolute atomic E-state index is 0.0183. The molecule has 0 aliphatic rings. The van der Waals surface area contributed by atoms with Crippen molar-refractivity contribution in [2.45, 2.75) is 33.3 Å². The molecule has 0 atom stereocenters. The van der Waals surface area contributed by atoms with Gasteiger partial charge in [-0.3, -0.25) is 4.79 Å². The number of ether oxygens (including phenoxy) is 1. The molecular formula is C14H18O2. The number of benzene rings is 1. The monoisotopic (exact) mass is 218 g/mol. The molecule has 0 heterocycles. The van der Waals surface area contributed by atoms with Crippen molar-refractivity contribution in [2.75, 3.05) is 0 Å². The first-order valence-electron chi connectivity index (χ1n) is 5.38. The van der Waals surface area contributed by atoms with Gasteiger partial charge in [-0.05, 0) is 58.0 Å². The number of carbonyl (C=O) groups excluding carboxylic acids is 1. The maximum atomic E-state index is 11.5. The highest BCUT2D eigenvalue weighted by atomic mass is 16.5. The molecule has 16 heavy (non-hydrogen) atoms. The van der Waals surface area contributed by atoms with Crippen molar-refractivity contribution in [1.82, 2.24) is 0 Å². The summed E-state index contributed by atoms with van der Waals surface area (Å²) in [5.41, 5.74) is 0.467. The molecule has 0 amide bonds. The highest BCUT2D eigenvalue weighted by Crippen LogP contribution is 2.18. The zero-order valence-corrected chi connectivity index (χ0v) is 10.3. The number of carbonyl (C=O) groups is 1. The summed E-state index contributed by atoms with van der Waals surface area (Å²) in [5, 5.41) is 0. The molecule has 0 radical (unpaired) electrons. The maximum Gasteiger partial charge on any atom is 0.185 e. The summed E-state index contributed by atoms with van der Waals surface area (Å²) in [6.45, 7) is 7.80. The average molecular weight is 218 g/mol. The molecule has 0 unspecified atom stereocenters. The van der Waals surface area contributed by atoms with Crippen LogP contribution < -0.4 is 4.74 Å². The Morgan fingerprint density at radius 2 is 1.75 bits per heavy atom. The smallest absolute Gasteiger partial charge is 0.185 e. The summed E-state index contributed by atoms with van der Waals surface area (Å²) in [4.78, 5) is 11.5. The Bertz CT molecular complexity index is 380. The van der Waals surface area contributed by atoms with Gasteiger partial charge in [0.2, 0.25) is 0 Å². The van der Waals surface area contributed by atoms with Gasteiger partial charge in [0.1, 0.15) is 11.4 Å². The van der Waals surface area contributed by atoms with Gasteiger partial charge in [-0.25, -0.2) is 0 Å². The Morgan fingerprint density at radius 1 is 1.19 bits per heavy atom. The number of allylic oxidation sites excluding steroid dienone is 2. The number of hydrogen-bond acceptors (Lipinski definition) is 2. The van der Waals surface area contributed by atoms with Gasteiger partial charge < -0.3 is 4.74 Å². The average Bonchev–Trinajstić information content (AvgIpc) is 2.16. The number of rotatable bonds is 3.